The van der Waals surface area contributed by atoms with Gasteiger partial charge in [-0.15, -0.1) is 0 Å². The van der Waals surface area contributed by atoms with Crippen molar-refractivity contribution in [2.24, 2.45) is 0 Å². The zero-order valence-electron chi connectivity index (χ0n) is 20.5. The molecule has 4 rings (SSSR count). The lowest BCUT2D eigenvalue weighted by molar-refractivity contribution is -0.136. The highest BCUT2D eigenvalue weighted by Crippen LogP contribution is 2.39. The Balaban J connectivity index is 1.82. The maximum atomic E-state index is 13.8. The van der Waals surface area contributed by atoms with Crippen molar-refractivity contribution in [1.82, 2.24) is 0 Å². The van der Waals surface area contributed by atoms with Crippen molar-refractivity contribution in [1.29, 1.82) is 0 Å². The molecule has 3 aromatic carbocycles. The Morgan fingerprint density at radius 2 is 1.74 bits per heavy atom. The van der Waals surface area contributed by atoms with E-state index in [1.807, 2.05) is 74.5 Å². The van der Waals surface area contributed by atoms with Crippen LogP contribution in [0.2, 0.25) is 0 Å². The molecule has 6 heteroatoms. The highest BCUT2D eigenvalue weighted by Gasteiger charge is 2.38. The van der Waals surface area contributed by atoms with Crippen molar-refractivity contribution < 1.29 is 23.8 Å². The van der Waals surface area contributed by atoms with Crippen LogP contribution >= 0.6 is 0 Å². The Hall–Kier alpha value is -4.06. The smallest absolute Gasteiger partial charge is 0.340 e. The number of methoxy groups -OCH3 is 1. The lowest BCUT2D eigenvalue weighted by atomic mass is 10.0. The van der Waals surface area contributed by atoms with Crippen molar-refractivity contribution in [2.45, 2.75) is 27.2 Å². The van der Waals surface area contributed by atoms with E-state index in [1.54, 1.807) is 17.9 Å². The summed E-state index contributed by atoms with van der Waals surface area (Å²) in [5.74, 6) is 0.388. The van der Waals surface area contributed by atoms with Crippen LogP contribution in [0.15, 0.2) is 77.5 Å². The van der Waals surface area contributed by atoms with E-state index in [-0.39, 0.29) is 17.1 Å². The fraction of sp³-hybridized carbons (Fsp3) is 0.241. The molecule has 180 valence electrons. The van der Waals surface area contributed by atoms with Gasteiger partial charge < -0.3 is 14.2 Å². The summed E-state index contributed by atoms with van der Waals surface area (Å²) in [5, 5.41) is 1.93. The number of ether oxygens (including phenoxy) is 3. The maximum absolute atomic E-state index is 13.8. The van der Waals surface area contributed by atoms with Crippen molar-refractivity contribution in [2.75, 3.05) is 25.2 Å². The number of benzene rings is 3. The molecule has 6 nitrogen and oxygen atoms in total. The number of allylic oxidation sites excluding steroid dienone is 1. The molecular formula is C29H29NO5. The first-order chi connectivity index (χ1) is 17.0. The van der Waals surface area contributed by atoms with E-state index in [1.165, 1.54) is 7.11 Å². The monoisotopic (exact) mass is 471 g/mol. The fourth-order valence-electron chi connectivity index (χ4n) is 4.25. The van der Waals surface area contributed by atoms with Gasteiger partial charge in [0.25, 0.3) is 5.91 Å². The van der Waals surface area contributed by atoms with Crippen LogP contribution in [0.3, 0.4) is 0 Å². The van der Waals surface area contributed by atoms with E-state index in [0.29, 0.717) is 36.1 Å². The standard InChI is InChI=1S/C29H29NO5/c1-5-16-35-25-15-14-20(18-26(25)34-6-2)17-23-27(29(32)33-4)19(3)30(28(23)31)24-13-9-11-21-10-7-8-12-22(21)24/h7-15,17-18H,5-6,16H2,1-4H3/b23-17-. The molecule has 0 aliphatic carbocycles. The number of carbonyl (C=O) groups excluding carboxylic acids is 2. The van der Waals surface area contributed by atoms with Crippen molar-refractivity contribution in [3.63, 3.8) is 0 Å². The van der Waals surface area contributed by atoms with Gasteiger partial charge >= 0.3 is 5.97 Å². The number of hydrogen-bond donors (Lipinski definition) is 0. The molecule has 0 spiro atoms. The molecule has 3 aromatic rings. The van der Waals surface area contributed by atoms with Gasteiger partial charge in [0.2, 0.25) is 0 Å². The number of amides is 1. The van der Waals surface area contributed by atoms with E-state index in [2.05, 4.69) is 0 Å². The first-order valence-electron chi connectivity index (χ1n) is 11.7. The van der Waals surface area contributed by atoms with E-state index >= 15 is 0 Å². The molecule has 0 saturated heterocycles. The van der Waals surface area contributed by atoms with Crippen LogP contribution in [0, 0.1) is 0 Å². The molecule has 0 bridgehead atoms. The molecular weight excluding hydrogens is 442 g/mol. The van der Waals surface area contributed by atoms with Gasteiger partial charge in [0.1, 0.15) is 0 Å². The average molecular weight is 472 g/mol. The SMILES string of the molecule is CCCOc1ccc(/C=C2\C(=O)N(c3cccc4ccccc34)C(C)=C2C(=O)OC)cc1OCC. The molecule has 0 fully saturated rings. The van der Waals surface area contributed by atoms with Crippen LogP contribution in [0.4, 0.5) is 5.69 Å². The van der Waals surface area contributed by atoms with Gasteiger partial charge in [-0.25, -0.2) is 4.79 Å². The molecule has 35 heavy (non-hydrogen) atoms. The molecule has 0 atom stereocenters. The summed E-state index contributed by atoms with van der Waals surface area (Å²) in [4.78, 5) is 28.2. The summed E-state index contributed by atoms with van der Waals surface area (Å²) in [6.45, 7) is 6.75. The van der Waals surface area contributed by atoms with E-state index in [9.17, 15) is 9.59 Å². The average Bonchev–Trinajstić information content (AvgIpc) is 3.11. The number of anilines is 1. The first kappa shape index (κ1) is 24.1. The number of carbonyl (C=O) groups is 2. The predicted molar refractivity (Wildman–Crippen MR) is 138 cm³/mol. The minimum Gasteiger partial charge on any atom is -0.490 e. The third-order valence-electron chi connectivity index (χ3n) is 5.84. The van der Waals surface area contributed by atoms with Gasteiger partial charge in [-0.05, 0) is 55.5 Å². The van der Waals surface area contributed by atoms with Crippen LogP contribution in [-0.4, -0.2) is 32.2 Å². The second-order valence-electron chi connectivity index (χ2n) is 8.14. The number of fused-ring (bicyclic) bond motifs is 1. The van der Waals surface area contributed by atoms with Gasteiger partial charge in [0.05, 0.1) is 37.2 Å². The topological polar surface area (TPSA) is 65.1 Å². The van der Waals surface area contributed by atoms with Crippen LogP contribution in [-0.2, 0) is 14.3 Å². The summed E-state index contributed by atoms with van der Waals surface area (Å²) >= 11 is 0. The van der Waals surface area contributed by atoms with Gasteiger partial charge in [-0.1, -0.05) is 49.4 Å². The third kappa shape index (κ3) is 4.64. The predicted octanol–water partition coefficient (Wildman–Crippen LogP) is 5.90. The van der Waals surface area contributed by atoms with E-state index in [4.69, 9.17) is 14.2 Å². The molecule has 1 heterocycles. The molecule has 0 N–H and O–H groups in total. The summed E-state index contributed by atoms with van der Waals surface area (Å²) in [5.41, 5.74) is 2.47. The van der Waals surface area contributed by atoms with Crippen molar-refractivity contribution >= 4 is 34.4 Å². The maximum Gasteiger partial charge on any atom is 0.340 e. The molecule has 1 aliphatic heterocycles. The van der Waals surface area contributed by atoms with E-state index < -0.39 is 5.97 Å². The highest BCUT2D eigenvalue weighted by molar-refractivity contribution is 6.25. The summed E-state index contributed by atoms with van der Waals surface area (Å²) in [6, 6.07) is 19.1. The lowest BCUT2D eigenvalue weighted by Crippen LogP contribution is -2.24. The summed E-state index contributed by atoms with van der Waals surface area (Å²) < 4.78 is 16.6. The number of hydrogen-bond acceptors (Lipinski definition) is 5. The van der Waals surface area contributed by atoms with Crippen molar-refractivity contribution in [3.05, 3.63) is 83.1 Å². The Labute approximate surface area is 205 Å². The van der Waals surface area contributed by atoms with Gasteiger partial charge in [0.15, 0.2) is 11.5 Å². The van der Waals surface area contributed by atoms with Gasteiger partial charge in [-0.3, -0.25) is 9.69 Å². The second kappa shape index (κ2) is 10.5. The zero-order valence-corrected chi connectivity index (χ0v) is 20.5. The Kier molecular flexibility index (Phi) is 7.20. The van der Waals surface area contributed by atoms with Crippen LogP contribution in [0.5, 0.6) is 11.5 Å². The molecule has 0 aromatic heterocycles. The quantitative estimate of drug-likeness (QED) is 0.302. The van der Waals surface area contributed by atoms with E-state index in [0.717, 1.165) is 22.8 Å². The zero-order chi connectivity index (χ0) is 24.9. The van der Waals surface area contributed by atoms with Crippen molar-refractivity contribution in [3.8, 4) is 11.5 Å². The highest BCUT2D eigenvalue weighted by atomic mass is 16.5. The Morgan fingerprint density at radius 3 is 2.49 bits per heavy atom. The second-order valence-corrected chi connectivity index (χ2v) is 8.14. The third-order valence-corrected chi connectivity index (χ3v) is 5.84. The molecule has 1 amide bonds. The van der Waals surface area contributed by atoms with Crippen LogP contribution in [0.25, 0.3) is 16.8 Å². The number of nitrogens with zero attached hydrogens (tertiary/aromatic N) is 1. The minimum absolute atomic E-state index is 0.245. The Bertz CT molecular complexity index is 1330. The molecule has 1 aliphatic rings. The van der Waals surface area contributed by atoms with Crippen LogP contribution in [0.1, 0.15) is 32.8 Å². The molecule has 0 saturated carbocycles. The molecule has 0 radical (unpaired) electrons. The van der Waals surface area contributed by atoms with Gasteiger partial charge in [0, 0.05) is 11.1 Å². The van der Waals surface area contributed by atoms with Crippen LogP contribution < -0.4 is 14.4 Å². The molecule has 0 unspecified atom stereocenters. The summed E-state index contributed by atoms with van der Waals surface area (Å²) in [7, 11) is 1.32. The number of rotatable bonds is 8. The summed E-state index contributed by atoms with van der Waals surface area (Å²) in [6.07, 6.45) is 2.58. The number of esters is 1. The van der Waals surface area contributed by atoms with Gasteiger partial charge in [-0.2, -0.15) is 0 Å². The Morgan fingerprint density at radius 1 is 0.971 bits per heavy atom. The minimum atomic E-state index is -0.558. The fourth-order valence-corrected chi connectivity index (χ4v) is 4.25. The normalized spacial score (nSPS) is 14.7. The lowest BCUT2D eigenvalue weighted by Gasteiger charge is -2.20. The largest absolute Gasteiger partial charge is 0.490 e. The first-order valence-corrected chi connectivity index (χ1v) is 11.7.